The topological polar surface area (TPSA) is 105 Å². The van der Waals surface area contributed by atoms with Crippen LogP contribution in [-0.2, 0) is 4.79 Å². The van der Waals surface area contributed by atoms with Crippen molar-refractivity contribution in [3.05, 3.63) is 64.7 Å². The highest BCUT2D eigenvalue weighted by molar-refractivity contribution is 5.93. The van der Waals surface area contributed by atoms with Gasteiger partial charge in [0.15, 0.2) is 0 Å². The Kier molecular flexibility index (Phi) is 8.60. The molecule has 3 amide bonds. The van der Waals surface area contributed by atoms with Crippen molar-refractivity contribution >= 4 is 29.0 Å². The molecule has 1 aliphatic carbocycles. The van der Waals surface area contributed by atoms with Crippen LogP contribution in [0.3, 0.4) is 0 Å². The van der Waals surface area contributed by atoms with Gasteiger partial charge in [-0.05, 0) is 43.0 Å². The molecule has 0 heterocycles. The maximum Gasteiger partial charge on any atom is 0.319 e. The fourth-order valence-corrected chi connectivity index (χ4v) is 4.05. The van der Waals surface area contributed by atoms with Gasteiger partial charge in [-0.3, -0.25) is 14.9 Å². The first kappa shape index (κ1) is 23.2. The Morgan fingerprint density at radius 2 is 1.72 bits per heavy atom. The number of amides is 3. The Labute approximate surface area is 188 Å². The first-order valence-corrected chi connectivity index (χ1v) is 11.2. The number of para-hydroxylation sites is 1. The Morgan fingerprint density at radius 1 is 1.03 bits per heavy atom. The van der Waals surface area contributed by atoms with E-state index in [-0.39, 0.29) is 11.6 Å². The fourth-order valence-electron chi connectivity index (χ4n) is 4.05. The smallest absolute Gasteiger partial charge is 0.319 e. The van der Waals surface area contributed by atoms with E-state index in [2.05, 4.69) is 10.6 Å². The second-order valence-electron chi connectivity index (χ2n) is 8.11. The van der Waals surface area contributed by atoms with Crippen molar-refractivity contribution in [2.24, 2.45) is 5.92 Å². The highest BCUT2D eigenvalue weighted by Crippen LogP contribution is 2.29. The number of nitrogens with one attached hydrogen (secondary N) is 2. The summed E-state index contributed by atoms with van der Waals surface area (Å²) in [6, 6.07) is 14.9. The van der Waals surface area contributed by atoms with Gasteiger partial charge < -0.3 is 15.5 Å². The van der Waals surface area contributed by atoms with E-state index in [1.807, 2.05) is 35.2 Å². The third-order valence-electron chi connectivity index (χ3n) is 5.79. The first-order chi connectivity index (χ1) is 15.5. The van der Waals surface area contributed by atoms with Crippen molar-refractivity contribution in [2.75, 3.05) is 23.3 Å². The van der Waals surface area contributed by atoms with Crippen molar-refractivity contribution in [3.8, 4) is 0 Å². The predicted octanol–water partition coefficient (Wildman–Crippen LogP) is 5.11. The monoisotopic (exact) mass is 438 g/mol. The molecule has 8 heteroatoms. The molecule has 8 nitrogen and oxygen atoms in total. The number of nitrogens with zero attached hydrogens (tertiary/aromatic N) is 2. The molecule has 0 bridgehead atoms. The molecule has 1 saturated carbocycles. The molecular weight excluding hydrogens is 408 g/mol. The van der Waals surface area contributed by atoms with Crippen molar-refractivity contribution in [1.29, 1.82) is 0 Å². The lowest BCUT2D eigenvalue weighted by Gasteiger charge is -2.24. The van der Waals surface area contributed by atoms with E-state index in [0.717, 1.165) is 12.1 Å². The van der Waals surface area contributed by atoms with E-state index >= 15 is 0 Å². The van der Waals surface area contributed by atoms with Gasteiger partial charge in [-0.1, -0.05) is 43.9 Å². The summed E-state index contributed by atoms with van der Waals surface area (Å²) >= 11 is 0. The van der Waals surface area contributed by atoms with Crippen LogP contribution in [0.25, 0.3) is 0 Å². The van der Waals surface area contributed by atoms with Gasteiger partial charge in [0.25, 0.3) is 5.69 Å². The summed E-state index contributed by atoms with van der Waals surface area (Å²) < 4.78 is 0. The summed E-state index contributed by atoms with van der Waals surface area (Å²) in [5, 5.41) is 16.1. The highest BCUT2D eigenvalue weighted by Gasteiger charge is 2.20. The maximum absolute atomic E-state index is 12.9. The number of hydrogen-bond acceptors (Lipinski definition) is 4. The van der Waals surface area contributed by atoms with Crippen LogP contribution in [0.1, 0.15) is 44.9 Å². The van der Waals surface area contributed by atoms with Gasteiger partial charge in [0.2, 0.25) is 5.91 Å². The van der Waals surface area contributed by atoms with Gasteiger partial charge >= 0.3 is 6.03 Å². The standard InChI is InChI=1S/C24H30N4O4/c29-23(16-11-19-7-4-5-8-19)27(21-9-2-1-3-10-21)18-6-17-25-24(30)26-20-12-14-22(15-13-20)28(31)32/h1-3,9-10,12-15,19H,4-8,11,16-18H2,(H2,25,26,30). The number of rotatable bonds is 10. The maximum atomic E-state index is 12.9. The minimum Gasteiger partial charge on any atom is -0.338 e. The number of nitro groups is 1. The molecule has 1 aliphatic rings. The second kappa shape index (κ2) is 11.8. The lowest BCUT2D eigenvalue weighted by Crippen LogP contribution is -2.35. The van der Waals surface area contributed by atoms with E-state index in [1.54, 1.807) is 0 Å². The van der Waals surface area contributed by atoms with Crippen LogP contribution >= 0.6 is 0 Å². The average molecular weight is 439 g/mol. The lowest BCUT2D eigenvalue weighted by atomic mass is 10.0. The summed E-state index contributed by atoms with van der Waals surface area (Å²) in [7, 11) is 0. The molecule has 0 aromatic heterocycles. The number of urea groups is 1. The number of hydrogen-bond donors (Lipinski definition) is 2. The molecule has 32 heavy (non-hydrogen) atoms. The Balaban J connectivity index is 1.45. The van der Waals surface area contributed by atoms with Crippen molar-refractivity contribution in [1.82, 2.24) is 5.32 Å². The average Bonchev–Trinajstić information content (AvgIpc) is 3.32. The van der Waals surface area contributed by atoms with Crippen LogP contribution in [-0.4, -0.2) is 30.0 Å². The van der Waals surface area contributed by atoms with Gasteiger partial charge in [0.1, 0.15) is 0 Å². The summed E-state index contributed by atoms with van der Waals surface area (Å²) in [5.74, 6) is 0.791. The van der Waals surface area contributed by atoms with E-state index in [0.29, 0.717) is 37.5 Å². The highest BCUT2D eigenvalue weighted by atomic mass is 16.6. The molecule has 0 radical (unpaired) electrons. The number of carbonyl (C=O) groups is 2. The number of nitro benzene ring substituents is 1. The van der Waals surface area contributed by atoms with E-state index in [1.165, 1.54) is 49.9 Å². The predicted molar refractivity (Wildman–Crippen MR) is 125 cm³/mol. The van der Waals surface area contributed by atoms with E-state index < -0.39 is 11.0 Å². The number of benzene rings is 2. The zero-order chi connectivity index (χ0) is 22.8. The quantitative estimate of drug-likeness (QED) is 0.305. The van der Waals surface area contributed by atoms with E-state index in [4.69, 9.17) is 0 Å². The molecule has 0 saturated heterocycles. The third-order valence-corrected chi connectivity index (χ3v) is 5.79. The lowest BCUT2D eigenvalue weighted by molar-refractivity contribution is -0.384. The van der Waals surface area contributed by atoms with Gasteiger partial charge in [-0.2, -0.15) is 0 Å². The van der Waals surface area contributed by atoms with E-state index in [9.17, 15) is 19.7 Å². The molecule has 1 fully saturated rings. The van der Waals surface area contributed by atoms with Crippen LogP contribution in [0.15, 0.2) is 54.6 Å². The number of carbonyl (C=O) groups excluding carboxylic acids is 2. The molecule has 0 aliphatic heterocycles. The van der Waals surface area contributed by atoms with Crippen molar-refractivity contribution < 1.29 is 14.5 Å². The summed E-state index contributed by atoms with van der Waals surface area (Å²) in [4.78, 5) is 37.0. The fraction of sp³-hybridized carbons (Fsp3) is 0.417. The number of non-ortho nitro benzene ring substituents is 1. The van der Waals surface area contributed by atoms with Crippen LogP contribution in [0.4, 0.5) is 21.9 Å². The Hall–Kier alpha value is -3.42. The van der Waals surface area contributed by atoms with Gasteiger partial charge in [0.05, 0.1) is 4.92 Å². The number of anilines is 2. The molecule has 0 atom stereocenters. The molecule has 0 unspecified atom stereocenters. The Bertz CT molecular complexity index is 896. The molecule has 170 valence electrons. The van der Waals surface area contributed by atoms with Crippen LogP contribution < -0.4 is 15.5 Å². The van der Waals surface area contributed by atoms with Crippen molar-refractivity contribution in [2.45, 2.75) is 44.9 Å². The molecule has 3 rings (SSSR count). The minimum absolute atomic E-state index is 0.0328. The summed E-state index contributed by atoms with van der Waals surface area (Å²) in [6.07, 6.45) is 7.10. The second-order valence-corrected chi connectivity index (χ2v) is 8.11. The van der Waals surface area contributed by atoms with Crippen molar-refractivity contribution in [3.63, 3.8) is 0 Å². The largest absolute Gasteiger partial charge is 0.338 e. The normalized spacial score (nSPS) is 13.5. The summed E-state index contributed by atoms with van der Waals surface area (Å²) in [5.41, 5.74) is 1.31. The SMILES string of the molecule is O=C(NCCCN(C(=O)CCC1CCCC1)c1ccccc1)Nc1ccc([N+](=O)[O-])cc1. The molecule has 2 aromatic carbocycles. The molecule has 0 spiro atoms. The van der Waals surface area contributed by atoms with Gasteiger partial charge in [-0.25, -0.2) is 4.79 Å². The minimum atomic E-state index is -0.489. The molecular formula is C24H30N4O4. The Morgan fingerprint density at radius 3 is 2.38 bits per heavy atom. The molecule has 2 N–H and O–H groups in total. The van der Waals surface area contributed by atoms with Crippen LogP contribution in [0.5, 0.6) is 0 Å². The van der Waals surface area contributed by atoms with Crippen LogP contribution in [0, 0.1) is 16.0 Å². The van der Waals surface area contributed by atoms with Gasteiger partial charge in [-0.15, -0.1) is 0 Å². The van der Waals surface area contributed by atoms with Crippen LogP contribution in [0.2, 0.25) is 0 Å². The zero-order valence-electron chi connectivity index (χ0n) is 18.2. The molecule has 2 aromatic rings. The van der Waals surface area contributed by atoms with Gasteiger partial charge in [0, 0.05) is 43.0 Å². The first-order valence-electron chi connectivity index (χ1n) is 11.2. The third kappa shape index (κ3) is 7.08. The zero-order valence-corrected chi connectivity index (χ0v) is 18.2. The summed E-state index contributed by atoms with van der Waals surface area (Å²) in [6.45, 7) is 0.920.